The van der Waals surface area contributed by atoms with Crippen molar-refractivity contribution in [1.82, 2.24) is 10.3 Å². The van der Waals surface area contributed by atoms with Gasteiger partial charge in [-0.05, 0) is 56.0 Å². The number of pyridine rings is 1. The van der Waals surface area contributed by atoms with Crippen molar-refractivity contribution < 1.29 is 26.4 Å². The standard InChI is InChI=1S/C24H23ClF3N3O3S/c1-35(33,34)16-9-10-17(19(25)12-16)23(32)30-15-6-4-5-14(11-15)29-21-13-22(24(26,27)28)31-20-8-3-2-7-18(20)21/h2-3,7-10,12-15H,4-6,11H2,1H3,(H,29,31)(H,30,32)/t14-,15+/m0/s1. The summed E-state index contributed by atoms with van der Waals surface area (Å²) in [5.74, 6) is -0.436. The van der Waals surface area contributed by atoms with E-state index in [0.717, 1.165) is 25.2 Å². The smallest absolute Gasteiger partial charge is 0.382 e. The fourth-order valence-corrected chi connectivity index (χ4v) is 5.26. The third kappa shape index (κ3) is 5.87. The SMILES string of the molecule is CS(=O)(=O)c1ccc(C(=O)N[C@@H]2CCC[C@H](Nc3cc(C(F)(F)F)nc4ccccc34)C2)c(Cl)c1. The second-order valence-corrected chi connectivity index (χ2v) is 11.1. The highest BCUT2D eigenvalue weighted by atomic mass is 35.5. The van der Waals surface area contributed by atoms with Crippen molar-refractivity contribution in [3.05, 3.63) is 64.8 Å². The Morgan fingerprint density at radius 3 is 2.49 bits per heavy atom. The maximum atomic E-state index is 13.4. The number of sulfone groups is 1. The van der Waals surface area contributed by atoms with Crippen LogP contribution in [0.1, 0.15) is 41.7 Å². The number of amides is 1. The molecule has 2 atom stereocenters. The van der Waals surface area contributed by atoms with Crippen molar-refractivity contribution in [3.63, 3.8) is 0 Å². The van der Waals surface area contributed by atoms with E-state index < -0.39 is 27.6 Å². The van der Waals surface area contributed by atoms with Crippen LogP contribution in [0.4, 0.5) is 18.9 Å². The molecule has 0 bridgehead atoms. The van der Waals surface area contributed by atoms with Gasteiger partial charge in [0.15, 0.2) is 9.84 Å². The third-order valence-electron chi connectivity index (χ3n) is 5.99. The van der Waals surface area contributed by atoms with Gasteiger partial charge in [0, 0.05) is 29.4 Å². The normalized spacial score (nSPS) is 18.9. The van der Waals surface area contributed by atoms with Gasteiger partial charge in [-0.1, -0.05) is 29.8 Å². The number of nitrogens with one attached hydrogen (secondary N) is 2. The highest BCUT2D eigenvalue weighted by Crippen LogP contribution is 2.34. The topological polar surface area (TPSA) is 88.2 Å². The second-order valence-electron chi connectivity index (χ2n) is 8.66. The first kappa shape index (κ1) is 25.2. The van der Waals surface area contributed by atoms with Gasteiger partial charge in [0.05, 0.1) is 21.0 Å². The van der Waals surface area contributed by atoms with Crippen LogP contribution in [-0.4, -0.2) is 37.6 Å². The Hall–Kier alpha value is -2.85. The Bertz CT molecular complexity index is 1380. The second kappa shape index (κ2) is 9.66. The lowest BCUT2D eigenvalue weighted by Gasteiger charge is -2.31. The molecule has 1 aliphatic rings. The van der Waals surface area contributed by atoms with Gasteiger partial charge in [-0.3, -0.25) is 4.79 Å². The lowest BCUT2D eigenvalue weighted by molar-refractivity contribution is -0.140. The predicted molar refractivity (Wildman–Crippen MR) is 128 cm³/mol. The summed E-state index contributed by atoms with van der Waals surface area (Å²) < 4.78 is 63.5. The van der Waals surface area contributed by atoms with Crippen molar-refractivity contribution in [3.8, 4) is 0 Å². The first-order chi connectivity index (χ1) is 16.4. The summed E-state index contributed by atoms with van der Waals surface area (Å²) in [6.45, 7) is 0. The molecular weight excluding hydrogens is 503 g/mol. The van der Waals surface area contributed by atoms with Crippen LogP contribution < -0.4 is 10.6 Å². The van der Waals surface area contributed by atoms with E-state index in [1.54, 1.807) is 24.3 Å². The number of halogens is 4. The van der Waals surface area contributed by atoms with Crippen LogP contribution in [0, 0.1) is 0 Å². The number of benzene rings is 2. The summed E-state index contributed by atoms with van der Waals surface area (Å²) in [7, 11) is -3.46. The van der Waals surface area contributed by atoms with Gasteiger partial charge in [0.25, 0.3) is 5.91 Å². The van der Waals surface area contributed by atoms with E-state index in [4.69, 9.17) is 11.6 Å². The highest BCUT2D eigenvalue weighted by Gasteiger charge is 2.34. The van der Waals surface area contributed by atoms with Crippen molar-refractivity contribution in [2.75, 3.05) is 11.6 Å². The molecule has 0 aliphatic heterocycles. The Morgan fingerprint density at radius 1 is 1.09 bits per heavy atom. The van der Waals surface area contributed by atoms with E-state index in [1.807, 2.05) is 0 Å². The van der Waals surface area contributed by atoms with Crippen LogP contribution in [-0.2, 0) is 16.0 Å². The minimum atomic E-state index is -4.57. The molecule has 186 valence electrons. The van der Waals surface area contributed by atoms with Crippen molar-refractivity contribution in [2.45, 2.75) is 48.8 Å². The molecule has 1 amide bonds. The minimum absolute atomic E-state index is 0.0174. The molecular formula is C24H23ClF3N3O3S. The summed E-state index contributed by atoms with van der Waals surface area (Å²) in [4.78, 5) is 16.6. The monoisotopic (exact) mass is 525 g/mol. The molecule has 0 saturated heterocycles. The molecule has 1 heterocycles. The first-order valence-electron chi connectivity index (χ1n) is 11.0. The maximum absolute atomic E-state index is 13.4. The quantitative estimate of drug-likeness (QED) is 0.461. The van der Waals surface area contributed by atoms with Crippen LogP contribution in [0.25, 0.3) is 10.9 Å². The van der Waals surface area contributed by atoms with Crippen LogP contribution >= 0.6 is 11.6 Å². The zero-order chi connectivity index (χ0) is 25.4. The summed E-state index contributed by atoms with van der Waals surface area (Å²) >= 11 is 6.16. The Labute approximate surface area is 205 Å². The number of carbonyl (C=O) groups excluding carboxylic acids is 1. The third-order valence-corrected chi connectivity index (χ3v) is 7.41. The molecule has 2 aromatic carbocycles. The number of rotatable bonds is 5. The maximum Gasteiger partial charge on any atom is 0.433 e. The minimum Gasteiger partial charge on any atom is -0.382 e. The molecule has 0 spiro atoms. The molecule has 0 unspecified atom stereocenters. The van der Waals surface area contributed by atoms with E-state index in [1.165, 1.54) is 18.2 Å². The molecule has 11 heteroatoms. The molecule has 35 heavy (non-hydrogen) atoms. The summed E-state index contributed by atoms with van der Waals surface area (Å²) in [5.41, 5.74) is -0.215. The van der Waals surface area contributed by atoms with Gasteiger partial charge in [0.1, 0.15) is 5.69 Å². The van der Waals surface area contributed by atoms with Crippen molar-refractivity contribution in [2.24, 2.45) is 0 Å². The molecule has 1 aromatic heterocycles. The molecule has 3 aromatic rings. The number of aromatic nitrogens is 1. The van der Waals surface area contributed by atoms with Crippen molar-refractivity contribution >= 4 is 43.9 Å². The predicted octanol–water partition coefficient (Wildman–Crippen LogP) is 5.46. The van der Waals surface area contributed by atoms with Gasteiger partial charge < -0.3 is 10.6 Å². The fraction of sp³-hybridized carbons (Fsp3) is 0.333. The average molecular weight is 526 g/mol. The zero-order valence-corrected chi connectivity index (χ0v) is 20.3. The van der Waals surface area contributed by atoms with E-state index in [9.17, 15) is 26.4 Å². The molecule has 1 aliphatic carbocycles. The van der Waals surface area contributed by atoms with Crippen LogP contribution in [0.15, 0.2) is 53.4 Å². The van der Waals surface area contributed by atoms with Gasteiger partial charge in [-0.15, -0.1) is 0 Å². The number of hydrogen-bond acceptors (Lipinski definition) is 5. The summed E-state index contributed by atoms with van der Waals surface area (Å²) in [6.07, 6.45) is -0.823. The molecule has 0 radical (unpaired) electrons. The summed E-state index contributed by atoms with van der Waals surface area (Å²) in [5, 5.41) is 6.76. The molecule has 6 nitrogen and oxygen atoms in total. The number of alkyl halides is 3. The molecule has 1 saturated carbocycles. The van der Waals surface area contributed by atoms with Crippen LogP contribution in [0.3, 0.4) is 0 Å². The van der Waals surface area contributed by atoms with E-state index >= 15 is 0 Å². The highest BCUT2D eigenvalue weighted by molar-refractivity contribution is 7.90. The van der Waals surface area contributed by atoms with Gasteiger partial charge >= 0.3 is 6.18 Å². The Morgan fingerprint density at radius 2 is 1.80 bits per heavy atom. The van der Waals surface area contributed by atoms with Crippen LogP contribution in [0.5, 0.6) is 0 Å². The van der Waals surface area contributed by atoms with Crippen LogP contribution in [0.2, 0.25) is 5.02 Å². The average Bonchev–Trinajstić information content (AvgIpc) is 2.78. The van der Waals surface area contributed by atoms with E-state index in [0.29, 0.717) is 23.9 Å². The fourth-order valence-electron chi connectivity index (χ4n) is 4.29. The lowest BCUT2D eigenvalue weighted by Crippen LogP contribution is -2.42. The molecule has 2 N–H and O–H groups in total. The van der Waals surface area contributed by atoms with E-state index in [-0.39, 0.29) is 33.1 Å². The largest absolute Gasteiger partial charge is 0.433 e. The molecule has 4 rings (SSSR count). The van der Waals surface area contributed by atoms with Gasteiger partial charge in [-0.25, -0.2) is 13.4 Å². The number of para-hydroxylation sites is 1. The number of carbonyl (C=O) groups is 1. The molecule has 1 fully saturated rings. The number of anilines is 1. The zero-order valence-electron chi connectivity index (χ0n) is 18.7. The number of hydrogen-bond donors (Lipinski definition) is 2. The summed E-state index contributed by atoms with van der Waals surface area (Å²) in [6, 6.07) is 11.2. The lowest BCUT2D eigenvalue weighted by atomic mass is 9.90. The number of nitrogens with zero attached hydrogens (tertiary/aromatic N) is 1. The Kier molecular flexibility index (Phi) is 6.97. The van der Waals surface area contributed by atoms with Crippen molar-refractivity contribution in [1.29, 1.82) is 0 Å². The van der Waals surface area contributed by atoms with E-state index in [2.05, 4.69) is 15.6 Å². The van der Waals surface area contributed by atoms with Gasteiger partial charge in [-0.2, -0.15) is 13.2 Å². The first-order valence-corrected chi connectivity index (χ1v) is 13.2. The van der Waals surface area contributed by atoms with Gasteiger partial charge in [0.2, 0.25) is 0 Å². The number of fused-ring (bicyclic) bond motifs is 1. The Balaban J connectivity index is 1.50.